The van der Waals surface area contributed by atoms with Gasteiger partial charge in [0, 0.05) is 21.5 Å². The van der Waals surface area contributed by atoms with E-state index < -0.39 is 0 Å². The predicted octanol–water partition coefficient (Wildman–Crippen LogP) is 7.89. The highest BCUT2D eigenvalue weighted by molar-refractivity contribution is 6.10. The SMILES string of the molecule is Cc1cc(-n2c3ccccc3c3ccccc32)c(C)nc1-n1c2ccccc2c2ccccc21. The Hall–Kier alpha value is -4.37. The predicted molar refractivity (Wildman–Crippen MR) is 142 cm³/mol. The van der Waals surface area contributed by atoms with Crippen LogP contribution in [0.1, 0.15) is 11.3 Å². The molecule has 0 saturated heterocycles. The highest BCUT2D eigenvalue weighted by Crippen LogP contribution is 2.35. The third-order valence-corrected chi connectivity index (χ3v) is 6.96. The third-order valence-electron chi connectivity index (χ3n) is 6.96. The van der Waals surface area contributed by atoms with Crippen LogP contribution in [0, 0.1) is 13.8 Å². The molecule has 0 spiro atoms. The topological polar surface area (TPSA) is 22.8 Å². The van der Waals surface area contributed by atoms with E-state index in [1.807, 2.05) is 0 Å². The molecule has 7 aromatic rings. The molecule has 0 aliphatic rings. The molecule has 3 heteroatoms. The second-order valence-corrected chi connectivity index (χ2v) is 8.97. The van der Waals surface area contributed by atoms with Gasteiger partial charge in [-0.2, -0.15) is 0 Å². The van der Waals surface area contributed by atoms with Gasteiger partial charge in [-0.15, -0.1) is 0 Å². The molecule has 0 amide bonds. The number of benzene rings is 4. The molecular formula is C31H23N3. The number of aryl methyl sites for hydroxylation is 2. The van der Waals surface area contributed by atoms with Crippen molar-refractivity contribution >= 4 is 43.6 Å². The molecule has 3 nitrogen and oxygen atoms in total. The maximum absolute atomic E-state index is 5.23. The summed E-state index contributed by atoms with van der Waals surface area (Å²) in [6, 6.07) is 36.7. The van der Waals surface area contributed by atoms with Crippen molar-refractivity contribution < 1.29 is 0 Å². The number of nitrogens with zero attached hydrogens (tertiary/aromatic N) is 3. The smallest absolute Gasteiger partial charge is 0.140 e. The van der Waals surface area contributed by atoms with Crippen LogP contribution >= 0.6 is 0 Å². The second kappa shape index (κ2) is 7.06. The van der Waals surface area contributed by atoms with Crippen LogP contribution in [0.4, 0.5) is 0 Å². The number of aromatic nitrogens is 3. The zero-order valence-corrected chi connectivity index (χ0v) is 19.2. The molecule has 0 fully saturated rings. The van der Waals surface area contributed by atoms with Gasteiger partial charge in [-0.25, -0.2) is 4.98 Å². The molecule has 162 valence electrons. The van der Waals surface area contributed by atoms with Crippen molar-refractivity contribution in [3.63, 3.8) is 0 Å². The van der Waals surface area contributed by atoms with Crippen molar-refractivity contribution in [2.24, 2.45) is 0 Å². The Morgan fingerprint density at radius 3 is 1.32 bits per heavy atom. The van der Waals surface area contributed by atoms with Crippen LogP contribution in [0.5, 0.6) is 0 Å². The Labute approximate surface area is 197 Å². The van der Waals surface area contributed by atoms with E-state index >= 15 is 0 Å². The van der Waals surface area contributed by atoms with Crippen LogP contribution in [0.25, 0.3) is 55.1 Å². The number of fused-ring (bicyclic) bond motifs is 6. The molecule has 0 unspecified atom stereocenters. The molecule has 0 N–H and O–H groups in total. The van der Waals surface area contributed by atoms with Crippen LogP contribution in [0.15, 0.2) is 103 Å². The van der Waals surface area contributed by atoms with Crippen molar-refractivity contribution in [1.29, 1.82) is 0 Å². The summed E-state index contributed by atoms with van der Waals surface area (Å²) in [5.41, 5.74) is 8.06. The maximum atomic E-state index is 5.23. The van der Waals surface area contributed by atoms with Crippen LogP contribution in [-0.4, -0.2) is 14.1 Å². The number of pyridine rings is 1. The number of rotatable bonds is 2. The summed E-state index contributed by atoms with van der Waals surface area (Å²) in [6.07, 6.45) is 0. The van der Waals surface area contributed by atoms with E-state index in [1.165, 1.54) is 43.6 Å². The first-order valence-corrected chi connectivity index (χ1v) is 11.7. The van der Waals surface area contributed by atoms with Crippen molar-refractivity contribution in [2.45, 2.75) is 13.8 Å². The quantitative estimate of drug-likeness (QED) is 0.270. The molecule has 0 bridgehead atoms. The molecule has 0 aliphatic heterocycles. The summed E-state index contributed by atoms with van der Waals surface area (Å²) in [7, 11) is 0. The molecule has 34 heavy (non-hydrogen) atoms. The van der Waals surface area contributed by atoms with Crippen molar-refractivity contribution in [3.8, 4) is 11.5 Å². The van der Waals surface area contributed by atoms with E-state index in [9.17, 15) is 0 Å². The van der Waals surface area contributed by atoms with E-state index in [0.29, 0.717) is 0 Å². The van der Waals surface area contributed by atoms with Gasteiger partial charge in [0.15, 0.2) is 0 Å². The van der Waals surface area contributed by atoms with Gasteiger partial charge in [0.25, 0.3) is 0 Å². The Bertz CT molecular complexity index is 1640. The normalized spacial score (nSPS) is 11.8. The van der Waals surface area contributed by atoms with Gasteiger partial charge in [0.05, 0.1) is 33.4 Å². The molecule has 0 aliphatic carbocycles. The number of para-hydroxylation sites is 4. The fourth-order valence-electron chi connectivity index (χ4n) is 5.46. The van der Waals surface area contributed by atoms with E-state index in [1.54, 1.807) is 0 Å². The van der Waals surface area contributed by atoms with E-state index in [-0.39, 0.29) is 0 Å². The second-order valence-electron chi connectivity index (χ2n) is 8.97. The maximum Gasteiger partial charge on any atom is 0.140 e. The van der Waals surface area contributed by atoms with Crippen LogP contribution < -0.4 is 0 Å². The lowest BCUT2D eigenvalue weighted by atomic mass is 10.2. The summed E-state index contributed by atoms with van der Waals surface area (Å²) in [6.45, 7) is 4.29. The molecule has 3 heterocycles. The Balaban J connectivity index is 1.54. The van der Waals surface area contributed by atoms with Gasteiger partial charge in [-0.1, -0.05) is 72.8 Å². The minimum Gasteiger partial charge on any atom is -0.307 e. The van der Waals surface area contributed by atoms with Gasteiger partial charge in [-0.05, 0) is 49.7 Å². The molecular weight excluding hydrogens is 414 g/mol. The van der Waals surface area contributed by atoms with Gasteiger partial charge >= 0.3 is 0 Å². The van der Waals surface area contributed by atoms with Gasteiger partial charge in [0.2, 0.25) is 0 Å². The van der Waals surface area contributed by atoms with Crippen molar-refractivity contribution in [2.75, 3.05) is 0 Å². The average Bonchev–Trinajstić information content (AvgIpc) is 3.39. The highest BCUT2D eigenvalue weighted by Gasteiger charge is 2.18. The summed E-state index contributed by atoms with van der Waals surface area (Å²) >= 11 is 0. The van der Waals surface area contributed by atoms with Crippen LogP contribution in [0.3, 0.4) is 0 Å². The van der Waals surface area contributed by atoms with E-state index in [0.717, 1.165) is 22.8 Å². The first-order valence-electron chi connectivity index (χ1n) is 11.7. The first-order chi connectivity index (χ1) is 16.7. The third kappa shape index (κ3) is 2.55. The molecule has 4 aromatic carbocycles. The lowest BCUT2D eigenvalue weighted by Gasteiger charge is -2.16. The van der Waals surface area contributed by atoms with Crippen LogP contribution in [-0.2, 0) is 0 Å². The molecule has 7 rings (SSSR count). The zero-order valence-electron chi connectivity index (χ0n) is 19.2. The Kier molecular flexibility index (Phi) is 3.97. The summed E-state index contributed by atoms with van der Waals surface area (Å²) in [5.74, 6) is 0.986. The lowest BCUT2D eigenvalue weighted by Crippen LogP contribution is -2.06. The standard InChI is InChI=1S/C31H23N3/c1-20-19-30(33-26-15-7-3-11-22(26)23-12-4-8-16-27(23)33)21(2)32-31(20)34-28-17-9-5-13-24(28)25-14-6-10-18-29(25)34/h3-19H,1-2H3. The van der Waals surface area contributed by atoms with Crippen molar-refractivity contribution in [1.82, 2.24) is 14.1 Å². The monoisotopic (exact) mass is 437 g/mol. The van der Waals surface area contributed by atoms with E-state index in [4.69, 9.17) is 4.98 Å². The number of hydrogen-bond donors (Lipinski definition) is 0. The lowest BCUT2D eigenvalue weighted by molar-refractivity contribution is 0.993. The van der Waals surface area contributed by atoms with Crippen molar-refractivity contribution in [3.05, 3.63) is 114 Å². The highest BCUT2D eigenvalue weighted by atomic mass is 15.1. The van der Waals surface area contributed by atoms with Gasteiger partial charge < -0.3 is 4.57 Å². The first kappa shape index (κ1) is 19.1. The Morgan fingerprint density at radius 1 is 0.500 bits per heavy atom. The zero-order chi connectivity index (χ0) is 22.8. The largest absolute Gasteiger partial charge is 0.307 e. The molecule has 0 saturated carbocycles. The fourth-order valence-corrected chi connectivity index (χ4v) is 5.46. The van der Waals surface area contributed by atoms with Gasteiger partial charge in [-0.3, -0.25) is 4.57 Å². The summed E-state index contributed by atoms with van der Waals surface area (Å²) in [5, 5.41) is 5.04. The average molecular weight is 438 g/mol. The molecule has 0 atom stereocenters. The minimum absolute atomic E-state index is 0.986. The Morgan fingerprint density at radius 2 is 0.882 bits per heavy atom. The number of hydrogen-bond acceptors (Lipinski definition) is 1. The van der Waals surface area contributed by atoms with Gasteiger partial charge in [0.1, 0.15) is 5.82 Å². The molecule has 3 aromatic heterocycles. The van der Waals surface area contributed by atoms with Crippen LogP contribution in [0.2, 0.25) is 0 Å². The summed E-state index contributed by atoms with van der Waals surface area (Å²) in [4.78, 5) is 5.23. The fraction of sp³-hybridized carbons (Fsp3) is 0.0645. The summed E-state index contributed by atoms with van der Waals surface area (Å²) < 4.78 is 4.66. The van der Waals surface area contributed by atoms with E-state index in [2.05, 4.69) is 126 Å². The molecule has 0 radical (unpaired) electrons. The minimum atomic E-state index is 0.986.